The fraction of sp³-hybridized carbons (Fsp3) is 0.467. The van der Waals surface area contributed by atoms with Crippen LogP contribution >= 0.6 is 12.2 Å². The second kappa shape index (κ2) is 13.9. The number of piperazine rings is 1. The quantitative estimate of drug-likeness (QED) is 0.316. The van der Waals surface area contributed by atoms with E-state index in [-0.39, 0.29) is 30.6 Å². The molecule has 2 aliphatic rings. The van der Waals surface area contributed by atoms with Gasteiger partial charge in [0.05, 0.1) is 29.5 Å². The highest BCUT2D eigenvalue weighted by molar-refractivity contribution is 7.80. The van der Waals surface area contributed by atoms with Gasteiger partial charge < -0.3 is 24.8 Å². The molecule has 0 aliphatic carbocycles. The van der Waals surface area contributed by atoms with Crippen molar-refractivity contribution in [2.75, 3.05) is 63.2 Å². The summed E-state index contributed by atoms with van der Waals surface area (Å²) in [7, 11) is 3.98. The average Bonchev–Trinajstić information content (AvgIpc) is 3.34. The number of hydrogen-bond donors (Lipinski definition) is 1. The molecule has 1 N–H and O–H groups in total. The van der Waals surface area contributed by atoms with Crippen molar-refractivity contribution in [3.8, 4) is 0 Å². The van der Waals surface area contributed by atoms with Crippen molar-refractivity contribution in [2.24, 2.45) is 0 Å². The van der Waals surface area contributed by atoms with E-state index in [9.17, 15) is 14.4 Å². The Bertz CT molecular complexity index is 1260. The van der Waals surface area contributed by atoms with E-state index in [4.69, 9.17) is 17.0 Å². The summed E-state index contributed by atoms with van der Waals surface area (Å²) in [6.45, 7) is 5.30. The fourth-order valence-corrected chi connectivity index (χ4v) is 5.08. The number of halogens is 1. The lowest BCUT2D eigenvalue weighted by atomic mass is 10.0. The van der Waals surface area contributed by atoms with Gasteiger partial charge in [0, 0.05) is 51.1 Å². The van der Waals surface area contributed by atoms with Crippen LogP contribution in [0.5, 0.6) is 0 Å². The van der Waals surface area contributed by atoms with Gasteiger partial charge in [0.25, 0.3) is 0 Å². The molecule has 2 aliphatic heterocycles. The lowest BCUT2D eigenvalue weighted by Gasteiger charge is -2.36. The van der Waals surface area contributed by atoms with Gasteiger partial charge in [0.1, 0.15) is 11.9 Å². The first kappa shape index (κ1) is 30.4. The van der Waals surface area contributed by atoms with E-state index in [1.807, 2.05) is 50.2 Å². The Morgan fingerprint density at radius 2 is 1.78 bits per heavy atom. The van der Waals surface area contributed by atoms with E-state index < -0.39 is 11.9 Å². The maximum atomic E-state index is 15.2. The zero-order valence-corrected chi connectivity index (χ0v) is 24.7. The minimum absolute atomic E-state index is 0.0514. The molecular weight excluding hydrogens is 545 g/mol. The average molecular weight is 584 g/mol. The van der Waals surface area contributed by atoms with Gasteiger partial charge in [-0.15, -0.1) is 0 Å². The normalized spacial score (nSPS) is 17.1. The minimum Gasteiger partial charge on any atom is -0.442 e. The minimum atomic E-state index is -0.515. The predicted molar refractivity (Wildman–Crippen MR) is 161 cm³/mol. The highest BCUT2D eigenvalue weighted by atomic mass is 32.1. The molecule has 11 heteroatoms. The lowest BCUT2D eigenvalue weighted by Crippen LogP contribution is -2.49. The third-order valence-electron chi connectivity index (χ3n) is 7.28. The van der Waals surface area contributed by atoms with Crippen LogP contribution < -0.4 is 15.1 Å². The number of nitrogens with zero attached hydrogens (tertiary/aromatic N) is 4. The van der Waals surface area contributed by atoms with Crippen LogP contribution in [0.25, 0.3) is 0 Å². The van der Waals surface area contributed by atoms with Gasteiger partial charge in [0.15, 0.2) is 5.78 Å². The van der Waals surface area contributed by atoms with Crippen LogP contribution in [0.1, 0.15) is 42.1 Å². The third kappa shape index (κ3) is 8.01. The van der Waals surface area contributed by atoms with Crippen molar-refractivity contribution in [2.45, 2.75) is 38.8 Å². The van der Waals surface area contributed by atoms with Gasteiger partial charge in [-0.05, 0) is 44.3 Å². The first-order chi connectivity index (χ1) is 19.6. The molecule has 220 valence electrons. The summed E-state index contributed by atoms with van der Waals surface area (Å²) in [5.41, 5.74) is 2.59. The van der Waals surface area contributed by atoms with Crippen molar-refractivity contribution in [1.29, 1.82) is 0 Å². The Balaban J connectivity index is 1.25. The van der Waals surface area contributed by atoms with E-state index in [0.717, 1.165) is 12.1 Å². The Hall–Kier alpha value is -3.57. The Morgan fingerprint density at radius 3 is 2.41 bits per heavy atom. The number of ether oxygens (including phenoxy) is 1. The molecule has 2 aromatic rings. The standard InChI is InChI=1S/C30H38FN5O4S/c1-4-28(41)32-18-24-20-36(30(39)40-24)23-9-10-26(25(31)17-23)34-13-15-35(16-14-34)29(38)12-11-27(37)22-7-5-21(6-8-22)19-33(2)3/h5-10,17,24H,4,11-16,18-20H2,1-3H3,(H,32,41)/t24-/m0/s1. The summed E-state index contributed by atoms with van der Waals surface area (Å²) < 4.78 is 20.5. The number of rotatable bonds is 11. The molecule has 0 unspecified atom stereocenters. The van der Waals surface area contributed by atoms with Crippen LogP contribution in [0.4, 0.5) is 20.6 Å². The number of benzene rings is 2. The van der Waals surface area contributed by atoms with Crippen LogP contribution in [0, 0.1) is 5.82 Å². The summed E-state index contributed by atoms with van der Waals surface area (Å²) in [4.78, 5) is 45.6. The monoisotopic (exact) mass is 583 g/mol. The van der Waals surface area contributed by atoms with Crippen LogP contribution in [0.2, 0.25) is 0 Å². The van der Waals surface area contributed by atoms with Gasteiger partial charge in [-0.2, -0.15) is 0 Å². The molecule has 0 bridgehead atoms. The zero-order chi connectivity index (χ0) is 29.5. The summed E-state index contributed by atoms with van der Waals surface area (Å²) in [5.74, 6) is -0.565. The van der Waals surface area contributed by atoms with Crippen molar-refractivity contribution < 1.29 is 23.5 Å². The highest BCUT2D eigenvalue weighted by Gasteiger charge is 2.33. The van der Waals surface area contributed by atoms with Crippen molar-refractivity contribution in [3.63, 3.8) is 0 Å². The number of hydrogen-bond acceptors (Lipinski definition) is 7. The first-order valence-corrected chi connectivity index (χ1v) is 14.4. The van der Waals surface area contributed by atoms with E-state index in [1.165, 1.54) is 11.0 Å². The second-order valence-corrected chi connectivity index (χ2v) is 11.1. The molecule has 2 amide bonds. The number of carbonyl (C=O) groups excluding carboxylic acids is 3. The molecule has 9 nitrogen and oxygen atoms in total. The molecule has 41 heavy (non-hydrogen) atoms. The van der Waals surface area contributed by atoms with Gasteiger partial charge in [0.2, 0.25) is 5.91 Å². The summed E-state index contributed by atoms with van der Waals surface area (Å²) >= 11 is 5.16. The summed E-state index contributed by atoms with van der Waals surface area (Å²) in [6, 6.07) is 12.2. The second-order valence-electron chi connectivity index (χ2n) is 10.6. The number of thiocarbonyl (C=S) groups is 1. The van der Waals surface area contributed by atoms with Gasteiger partial charge in [-0.25, -0.2) is 9.18 Å². The largest absolute Gasteiger partial charge is 0.442 e. The summed E-state index contributed by atoms with van der Waals surface area (Å²) in [5, 5.41) is 3.07. The van der Waals surface area contributed by atoms with Crippen LogP contribution in [-0.4, -0.2) is 92.0 Å². The predicted octanol–water partition coefficient (Wildman–Crippen LogP) is 3.85. The molecule has 0 saturated carbocycles. The van der Waals surface area contributed by atoms with E-state index >= 15 is 4.39 Å². The molecule has 0 aromatic heterocycles. The topological polar surface area (TPSA) is 85.4 Å². The summed E-state index contributed by atoms with van der Waals surface area (Å²) in [6.07, 6.45) is 0.126. The number of carbonyl (C=O) groups is 3. The number of amides is 2. The fourth-order valence-electron chi connectivity index (χ4n) is 4.99. The Labute approximate surface area is 246 Å². The molecule has 2 fully saturated rings. The molecule has 0 radical (unpaired) electrons. The van der Waals surface area contributed by atoms with Gasteiger partial charge >= 0.3 is 6.09 Å². The van der Waals surface area contributed by atoms with Crippen molar-refractivity contribution >= 4 is 46.4 Å². The lowest BCUT2D eigenvalue weighted by molar-refractivity contribution is -0.131. The number of ketones is 1. The van der Waals surface area contributed by atoms with Gasteiger partial charge in [-0.1, -0.05) is 43.4 Å². The number of Topliss-reactive ketones (excluding diaryl/α,β-unsaturated/α-hetero) is 1. The van der Waals surface area contributed by atoms with Crippen molar-refractivity contribution in [1.82, 2.24) is 15.1 Å². The molecule has 0 spiro atoms. The van der Waals surface area contributed by atoms with Crippen molar-refractivity contribution in [3.05, 3.63) is 59.4 Å². The third-order valence-corrected chi connectivity index (χ3v) is 7.71. The molecule has 2 saturated heterocycles. The van der Waals surface area contributed by atoms with Crippen LogP contribution in [0.15, 0.2) is 42.5 Å². The highest BCUT2D eigenvalue weighted by Crippen LogP contribution is 2.28. The smallest absolute Gasteiger partial charge is 0.414 e. The first-order valence-electron chi connectivity index (χ1n) is 14.0. The number of anilines is 2. The number of nitrogens with one attached hydrogen (secondary N) is 1. The van der Waals surface area contributed by atoms with E-state index in [1.54, 1.807) is 17.0 Å². The SMILES string of the molecule is CCC(=S)NC[C@H]1CN(c2ccc(N3CCN(C(=O)CCC(=O)c4ccc(CN(C)C)cc4)CC3)c(F)c2)C(=O)O1. The van der Waals surface area contributed by atoms with Crippen LogP contribution in [-0.2, 0) is 16.1 Å². The maximum Gasteiger partial charge on any atom is 0.414 e. The molecule has 4 rings (SSSR count). The van der Waals surface area contributed by atoms with Gasteiger partial charge in [-0.3, -0.25) is 14.5 Å². The van der Waals surface area contributed by atoms with E-state index in [0.29, 0.717) is 67.6 Å². The Morgan fingerprint density at radius 1 is 1.07 bits per heavy atom. The molecular formula is C30H38FN5O4S. The maximum absolute atomic E-state index is 15.2. The number of cyclic esters (lactones) is 1. The van der Waals surface area contributed by atoms with E-state index in [2.05, 4.69) is 10.2 Å². The Kier molecular flexibility index (Phi) is 10.3. The molecule has 2 aromatic carbocycles. The van der Waals surface area contributed by atoms with Crippen LogP contribution in [0.3, 0.4) is 0 Å². The zero-order valence-electron chi connectivity index (χ0n) is 23.9. The molecule has 1 atom stereocenters. The molecule has 2 heterocycles.